The Kier molecular flexibility index (Phi) is 7.45. The van der Waals surface area contributed by atoms with Crippen LogP contribution >= 0.6 is 0 Å². The van der Waals surface area contributed by atoms with E-state index in [4.69, 9.17) is 0 Å². The first-order valence-corrected chi connectivity index (χ1v) is 14.1. The first kappa shape index (κ1) is 24.9. The van der Waals surface area contributed by atoms with Crippen LogP contribution in [0.3, 0.4) is 0 Å². The second kappa shape index (κ2) is 10.2. The fraction of sp³-hybridized carbons (Fsp3) is 0.333. The van der Waals surface area contributed by atoms with Crippen LogP contribution in [0.2, 0.25) is 0 Å². The van der Waals surface area contributed by atoms with Gasteiger partial charge < -0.3 is 4.55 Å². The van der Waals surface area contributed by atoms with Gasteiger partial charge in [-0.3, -0.25) is 0 Å². The summed E-state index contributed by atoms with van der Waals surface area (Å²) in [5, 5.41) is -4.09. The molecule has 2 aliphatic rings. The van der Waals surface area contributed by atoms with Crippen molar-refractivity contribution >= 4 is 21.0 Å². The van der Waals surface area contributed by atoms with Crippen molar-refractivity contribution in [1.82, 2.24) is 0 Å². The molecule has 7 heteroatoms. The third kappa shape index (κ3) is 5.70. The summed E-state index contributed by atoms with van der Waals surface area (Å²) in [6, 6.07) is 32.2. The lowest BCUT2D eigenvalue weighted by Gasteiger charge is -2.31. The Morgan fingerprint density at radius 1 is 0.794 bits per heavy atom. The van der Waals surface area contributed by atoms with Crippen molar-refractivity contribution in [3.05, 3.63) is 91.0 Å². The second-order valence-corrected chi connectivity index (χ2v) is 12.7. The molecule has 0 radical (unpaired) electrons. The molecule has 0 aromatic heterocycles. The van der Waals surface area contributed by atoms with E-state index in [1.165, 1.54) is 14.7 Å². The van der Waals surface area contributed by atoms with E-state index in [1.807, 2.05) is 0 Å². The average Bonchev–Trinajstić information content (AvgIpc) is 3.41. The predicted octanol–water partition coefficient (Wildman–Crippen LogP) is 6.88. The summed E-state index contributed by atoms with van der Waals surface area (Å²) in [5.74, 6) is 0.468. The Morgan fingerprint density at radius 3 is 1.47 bits per heavy atom. The van der Waals surface area contributed by atoms with E-state index >= 15 is 0 Å². The van der Waals surface area contributed by atoms with Crippen LogP contribution in [0.15, 0.2) is 106 Å². The Hall–Kier alpha value is -2.22. The zero-order valence-electron chi connectivity index (χ0n) is 18.8. The van der Waals surface area contributed by atoms with Crippen LogP contribution in [0.25, 0.3) is 0 Å². The highest BCUT2D eigenvalue weighted by Gasteiger charge is 2.52. The van der Waals surface area contributed by atoms with Crippen LogP contribution in [0.1, 0.15) is 38.5 Å². The molecule has 2 bridgehead atoms. The lowest BCUT2D eigenvalue weighted by molar-refractivity contribution is 0.0228. The number of benzene rings is 3. The van der Waals surface area contributed by atoms with Gasteiger partial charge in [0.2, 0.25) is 0 Å². The van der Waals surface area contributed by atoms with Crippen LogP contribution in [0.5, 0.6) is 0 Å². The van der Waals surface area contributed by atoms with E-state index in [0.717, 1.165) is 12.8 Å². The van der Waals surface area contributed by atoms with E-state index < -0.39 is 27.2 Å². The summed E-state index contributed by atoms with van der Waals surface area (Å²) in [6.07, 6.45) is 2.97. The molecular formula is C27H28F2O3S2. The number of halogens is 2. The van der Waals surface area contributed by atoms with Crippen LogP contribution in [-0.2, 0) is 21.0 Å². The van der Waals surface area contributed by atoms with Gasteiger partial charge in [0.1, 0.15) is 0 Å². The van der Waals surface area contributed by atoms with Crippen molar-refractivity contribution in [2.75, 3.05) is 0 Å². The standard InChI is InChI=1S/C18H15S.C9H14F2O3S/c1-4-10-16(11-5-1)19(17-12-6-2-7-13-17)18-14-8-3-9-15-18;10-9(11,15(12,13)14)6-8-3-1-7(5-8)2-4-8/h1-15H;7H,1-6H2,(H,12,13,14)/q+1;/p-1. The molecule has 0 saturated heterocycles. The maximum atomic E-state index is 13.1. The summed E-state index contributed by atoms with van der Waals surface area (Å²) < 4.78 is 57.5. The smallest absolute Gasteiger partial charge is 0.335 e. The largest absolute Gasteiger partial charge is 0.743 e. The fourth-order valence-corrected chi connectivity index (χ4v) is 7.75. The van der Waals surface area contributed by atoms with Gasteiger partial charge >= 0.3 is 5.25 Å². The number of hydrogen-bond donors (Lipinski definition) is 0. The molecule has 0 atom stereocenters. The van der Waals surface area contributed by atoms with E-state index in [2.05, 4.69) is 91.0 Å². The van der Waals surface area contributed by atoms with Gasteiger partial charge in [0, 0.05) is 6.42 Å². The summed E-state index contributed by atoms with van der Waals surface area (Å²) in [5.41, 5.74) is -0.578. The van der Waals surface area contributed by atoms with E-state index in [-0.39, 0.29) is 10.9 Å². The maximum absolute atomic E-state index is 13.1. The zero-order chi connectivity index (χ0) is 24.2. The first-order chi connectivity index (χ1) is 16.2. The molecule has 34 heavy (non-hydrogen) atoms. The van der Waals surface area contributed by atoms with Gasteiger partial charge in [-0.05, 0) is 79.8 Å². The van der Waals surface area contributed by atoms with Gasteiger partial charge in [0.15, 0.2) is 24.8 Å². The molecule has 3 aromatic rings. The Labute approximate surface area is 203 Å². The minimum Gasteiger partial charge on any atom is -0.743 e. The molecule has 0 heterocycles. The maximum Gasteiger partial charge on any atom is 0.335 e. The van der Waals surface area contributed by atoms with Crippen LogP contribution in [0, 0.1) is 11.3 Å². The Balaban J connectivity index is 0.000000166. The van der Waals surface area contributed by atoms with Crippen LogP contribution < -0.4 is 0 Å². The van der Waals surface area contributed by atoms with Crippen molar-refractivity contribution in [3.8, 4) is 0 Å². The first-order valence-electron chi connectivity index (χ1n) is 11.4. The summed E-state index contributed by atoms with van der Waals surface area (Å²) in [4.78, 5) is 4.08. The molecule has 2 aliphatic carbocycles. The lowest BCUT2D eigenvalue weighted by atomic mass is 9.81. The molecule has 3 nitrogen and oxygen atoms in total. The topological polar surface area (TPSA) is 57.2 Å². The van der Waals surface area contributed by atoms with Gasteiger partial charge in [-0.25, -0.2) is 8.42 Å². The molecule has 0 spiro atoms. The SMILES string of the molecule is O=S(=O)([O-])C(F)(F)CC12CCC(CC1)C2.c1ccc([S+](c2ccccc2)c2ccccc2)cc1. The minimum atomic E-state index is -5.50. The molecule has 0 aliphatic heterocycles. The number of alkyl halides is 2. The molecule has 0 amide bonds. The zero-order valence-corrected chi connectivity index (χ0v) is 20.4. The number of fused-ring (bicyclic) bond motifs is 2. The number of hydrogen-bond acceptors (Lipinski definition) is 3. The molecule has 0 N–H and O–H groups in total. The van der Waals surface area contributed by atoms with Crippen LogP contribution in [-0.4, -0.2) is 18.2 Å². The molecular weight excluding hydrogens is 474 g/mol. The summed E-state index contributed by atoms with van der Waals surface area (Å²) >= 11 is 0. The third-order valence-electron chi connectivity index (χ3n) is 6.77. The molecule has 2 saturated carbocycles. The van der Waals surface area contributed by atoms with Crippen molar-refractivity contribution in [3.63, 3.8) is 0 Å². The average molecular weight is 503 g/mol. The van der Waals surface area contributed by atoms with E-state index in [9.17, 15) is 21.8 Å². The van der Waals surface area contributed by atoms with Crippen molar-refractivity contribution < 1.29 is 21.8 Å². The van der Waals surface area contributed by atoms with Crippen molar-refractivity contribution in [2.45, 2.75) is 58.5 Å². The number of rotatable bonds is 6. The van der Waals surface area contributed by atoms with Crippen LogP contribution in [0.4, 0.5) is 8.78 Å². The second-order valence-electron chi connectivity index (χ2n) is 9.16. The Bertz CT molecular complexity index is 1070. The molecule has 0 unspecified atom stereocenters. The van der Waals surface area contributed by atoms with Crippen molar-refractivity contribution in [2.24, 2.45) is 11.3 Å². The van der Waals surface area contributed by atoms with E-state index in [0.29, 0.717) is 25.2 Å². The monoisotopic (exact) mass is 502 g/mol. The Morgan fingerprint density at radius 2 is 1.18 bits per heavy atom. The molecule has 3 aromatic carbocycles. The van der Waals surface area contributed by atoms with Gasteiger partial charge in [0.25, 0.3) is 0 Å². The van der Waals surface area contributed by atoms with Crippen molar-refractivity contribution in [1.29, 1.82) is 0 Å². The highest BCUT2D eigenvalue weighted by molar-refractivity contribution is 7.97. The third-order valence-corrected chi connectivity index (χ3v) is 9.88. The molecule has 180 valence electrons. The quantitative estimate of drug-likeness (QED) is 0.273. The lowest BCUT2D eigenvalue weighted by Crippen LogP contribution is -2.34. The molecule has 5 rings (SSSR count). The minimum absolute atomic E-state index is 0.0146. The van der Waals surface area contributed by atoms with E-state index in [1.54, 1.807) is 0 Å². The van der Waals surface area contributed by atoms with Gasteiger partial charge in [0.05, 0.1) is 10.9 Å². The summed E-state index contributed by atoms with van der Waals surface area (Å²) in [6.45, 7) is 0. The van der Waals surface area contributed by atoms with Gasteiger partial charge in [-0.15, -0.1) is 0 Å². The van der Waals surface area contributed by atoms with Gasteiger partial charge in [-0.2, -0.15) is 8.78 Å². The molecule has 2 fully saturated rings. The predicted molar refractivity (Wildman–Crippen MR) is 130 cm³/mol. The normalized spacial score (nSPS) is 21.8. The van der Waals surface area contributed by atoms with Gasteiger partial charge in [-0.1, -0.05) is 54.6 Å². The highest BCUT2D eigenvalue weighted by Crippen LogP contribution is 2.58. The summed E-state index contributed by atoms with van der Waals surface area (Å²) in [7, 11) is -5.52. The fourth-order valence-electron chi connectivity index (χ4n) is 5.16. The highest BCUT2D eigenvalue weighted by atomic mass is 32.2.